The van der Waals surface area contributed by atoms with E-state index in [0.29, 0.717) is 0 Å². The number of rotatable bonds is 1. The third-order valence-electron chi connectivity index (χ3n) is 6.33. The van der Waals surface area contributed by atoms with Crippen LogP contribution in [0.2, 0.25) is 0 Å². The summed E-state index contributed by atoms with van der Waals surface area (Å²) in [4.78, 5) is 21.8. The lowest BCUT2D eigenvalue weighted by Gasteiger charge is -2.41. The number of carbonyl (C=O) groups excluding carboxylic acids is 1. The standard InChI is InChI=1S/C18H21N3O/c1-11(22)21-18-10-9-17(4,16(18,2)3)14-15(18)20-13-8-6-5-7-12(13)19-14/h5-8H,9-10H2,1-4H3,(H,21,22)/t17-,18+/m0/s1. The fourth-order valence-corrected chi connectivity index (χ4v) is 4.62. The molecule has 0 aliphatic heterocycles. The Morgan fingerprint density at radius 1 is 1.05 bits per heavy atom. The van der Waals surface area contributed by atoms with Gasteiger partial charge in [0.2, 0.25) is 5.91 Å². The van der Waals surface area contributed by atoms with Gasteiger partial charge < -0.3 is 5.32 Å². The van der Waals surface area contributed by atoms with E-state index in [1.54, 1.807) is 6.92 Å². The molecule has 0 saturated heterocycles. The van der Waals surface area contributed by atoms with E-state index in [4.69, 9.17) is 9.97 Å². The van der Waals surface area contributed by atoms with Crippen LogP contribution in [0.1, 0.15) is 51.9 Å². The molecule has 4 nitrogen and oxygen atoms in total. The van der Waals surface area contributed by atoms with Gasteiger partial charge in [-0.3, -0.25) is 4.79 Å². The maximum Gasteiger partial charge on any atom is 0.217 e. The highest BCUT2D eigenvalue weighted by Crippen LogP contribution is 2.68. The Morgan fingerprint density at radius 3 is 2.23 bits per heavy atom. The lowest BCUT2D eigenvalue weighted by atomic mass is 9.67. The molecular weight excluding hydrogens is 274 g/mol. The molecule has 1 heterocycles. The second-order valence-electron chi connectivity index (χ2n) is 7.45. The molecule has 1 aromatic carbocycles. The molecule has 1 amide bonds. The normalized spacial score (nSPS) is 31.3. The van der Waals surface area contributed by atoms with Gasteiger partial charge in [0.1, 0.15) is 0 Å². The summed E-state index contributed by atoms with van der Waals surface area (Å²) >= 11 is 0. The average Bonchev–Trinajstić information content (AvgIpc) is 2.74. The molecule has 114 valence electrons. The molecule has 1 N–H and O–H groups in total. The van der Waals surface area contributed by atoms with E-state index in [9.17, 15) is 4.79 Å². The van der Waals surface area contributed by atoms with Gasteiger partial charge in [0.05, 0.1) is 28.0 Å². The number of para-hydroxylation sites is 2. The van der Waals surface area contributed by atoms with Crippen LogP contribution in [0, 0.1) is 5.41 Å². The summed E-state index contributed by atoms with van der Waals surface area (Å²) in [5, 5.41) is 3.24. The Morgan fingerprint density at radius 2 is 1.64 bits per heavy atom. The molecule has 1 fully saturated rings. The molecule has 22 heavy (non-hydrogen) atoms. The first-order valence-electron chi connectivity index (χ1n) is 7.88. The van der Waals surface area contributed by atoms with E-state index in [0.717, 1.165) is 35.3 Å². The summed E-state index contributed by atoms with van der Waals surface area (Å²) in [6, 6.07) is 7.98. The van der Waals surface area contributed by atoms with Crippen molar-refractivity contribution in [2.75, 3.05) is 0 Å². The molecule has 1 saturated carbocycles. The van der Waals surface area contributed by atoms with Crippen LogP contribution in [0.15, 0.2) is 24.3 Å². The molecular formula is C18H21N3O. The Bertz CT molecular complexity index is 813. The second-order valence-corrected chi connectivity index (χ2v) is 7.45. The van der Waals surface area contributed by atoms with Gasteiger partial charge in [-0.25, -0.2) is 9.97 Å². The molecule has 2 aliphatic carbocycles. The Kier molecular flexibility index (Phi) is 2.40. The number of hydrogen-bond acceptors (Lipinski definition) is 3. The van der Waals surface area contributed by atoms with Crippen LogP contribution in [-0.4, -0.2) is 15.9 Å². The number of amides is 1. The molecule has 2 atom stereocenters. The molecule has 1 aromatic heterocycles. The Labute approximate surface area is 130 Å². The van der Waals surface area contributed by atoms with Crippen LogP contribution >= 0.6 is 0 Å². The molecule has 4 heteroatoms. The predicted molar refractivity (Wildman–Crippen MR) is 85.4 cm³/mol. The van der Waals surface area contributed by atoms with Gasteiger partial charge in [0.25, 0.3) is 0 Å². The van der Waals surface area contributed by atoms with Gasteiger partial charge in [-0.05, 0) is 25.0 Å². The van der Waals surface area contributed by atoms with E-state index in [1.807, 2.05) is 24.3 Å². The van der Waals surface area contributed by atoms with Crippen molar-refractivity contribution >= 4 is 16.9 Å². The van der Waals surface area contributed by atoms with E-state index < -0.39 is 5.54 Å². The fraction of sp³-hybridized carbons (Fsp3) is 0.500. The van der Waals surface area contributed by atoms with Crippen molar-refractivity contribution in [1.29, 1.82) is 0 Å². The summed E-state index contributed by atoms with van der Waals surface area (Å²) in [6.07, 6.45) is 1.95. The highest BCUT2D eigenvalue weighted by molar-refractivity contribution is 5.78. The van der Waals surface area contributed by atoms with Gasteiger partial charge in [0.15, 0.2) is 0 Å². The van der Waals surface area contributed by atoms with Crippen molar-refractivity contribution in [3.05, 3.63) is 35.7 Å². The maximum atomic E-state index is 11.9. The van der Waals surface area contributed by atoms with Gasteiger partial charge in [-0.15, -0.1) is 0 Å². The Hall–Kier alpha value is -1.97. The van der Waals surface area contributed by atoms with Gasteiger partial charge in [0, 0.05) is 17.8 Å². The van der Waals surface area contributed by atoms with Crippen molar-refractivity contribution in [2.45, 2.75) is 51.5 Å². The lowest BCUT2D eigenvalue weighted by Crippen LogP contribution is -2.52. The van der Waals surface area contributed by atoms with Crippen LogP contribution in [0.4, 0.5) is 0 Å². The largest absolute Gasteiger partial charge is 0.345 e. The van der Waals surface area contributed by atoms with E-state index >= 15 is 0 Å². The summed E-state index contributed by atoms with van der Waals surface area (Å²) in [6.45, 7) is 8.34. The topological polar surface area (TPSA) is 54.9 Å². The minimum Gasteiger partial charge on any atom is -0.345 e. The number of fused-ring (bicyclic) bond motifs is 6. The number of aromatic nitrogens is 2. The van der Waals surface area contributed by atoms with Crippen molar-refractivity contribution < 1.29 is 4.79 Å². The van der Waals surface area contributed by atoms with Gasteiger partial charge >= 0.3 is 0 Å². The minimum atomic E-state index is -0.403. The highest BCUT2D eigenvalue weighted by Gasteiger charge is 2.70. The quantitative estimate of drug-likeness (QED) is 0.879. The highest BCUT2D eigenvalue weighted by atomic mass is 16.1. The fourth-order valence-electron chi connectivity index (χ4n) is 4.62. The first kappa shape index (κ1) is 13.7. The summed E-state index contributed by atoms with van der Waals surface area (Å²) < 4.78 is 0. The summed E-state index contributed by atoms with van der Waals surface area (Å²) in [7, 11) is 0. The van der Waals surface area contributed by atoms with E-state index in [1.165, 1.54) is 0 Å². The molecule has 0 radical (unpaired) electrons. The van der Waals surface area contributed by atoms with E-state index in [-0.39, 0.29) is 16.7 Å². The number of benzene rings is 1. The van der Waals surface area contributed by atoms with Crippen LogP contribution in [0.3, 0.4) is 0 Å². The molecule has 2 aliphatic rings. The van der Waals surface area contributed by atoms with E-state index in [2.05, 4.69) is 26.1 Å². The number of nitrogens with zero attached hydrogens (tertiary/aromatic N) is 2. The van der Waals surface area contributed by atoms with Crippen molar-refractivity contribution in [3.63, 3.8) is 0 Å². The molecule has 4 rings (SSSR count). The van der Waals surface area contributed by atoms with Crippen molar-refractivity contribution in [2.24, 2.45) is 5.41 Å². The monoisotopic (exact) mass is 295 g/mol. The zero-order valence-electron chi connectivity index (χ0n) is 13.5. The smallest absolute Gasteiger partial charge is 0.217 e. The van der Waals surface area contributed by atoms with Crippen LogP contribution in [0.5, 0.6) is 0 Å². The number of hydrogen-bond donors (Lipinski definition) is 1. The summed E-state index contributed by atoms with van der Waals surface area (Å²) in [5.74, 6) is 0.000124. The third kappa shape index (κ3) is 1.32. The number of carbonyl (C=O) groups is 1. The van der Waals surface area contributed by atoms with Gasteiger partial charge in [-0.2, -0.15) is 0 Å². The molecule has 0 spiro atoms. The maximum absolute atomic E-state index is 11.9. The van der Waals surface area contributed by atoms with Crippen molar-refractivity contribution in [1.82, 2.24) is 15.3 Å². The SMILES string of the molecule is CC(=O)N[C@]12CC[C@@](C)(c3nc4ccccc4nc31)C2(C)C. The summed E-state index contributed by atoms with van der Waals surface area (Å²) in [5.41, 5.74) is 3.31. The minimum absolute atomic E-state index is 0.000124. The molecule has 0 unspecified atom stereocenters. The third-order valence-corrected chi connectivity index (χ3v) is 6.33. The average molecular weight is 295 g/mol. The Balaban J connectivity index is 2.07. The molecule has 2 aromatic rings. The number of nitrogens with one attached hydrogen (secondary N) is 1. The zero-order chi connectivity index (χ0) is 15.8. The molecule has 2 bridgehead atoms. The first-order chi connectivity index (χ1) is 10.3. The van der Waals surface area contributed by atoms with Crippen LogP contribution in [-0.2, 0) is 15.7 Å². The first-order valence-corrected chi connectivity index (χ1v) is 7.88. The lowest BCUT2D eigenvalue weighted by molar-refractivity contribution is -0.122. The zero-order valence-corrected chi connectivity index (χ0v) is 13.5. The van der Waals surface area contributed by atoms with Crippen LogP contribution in [0.25, 0.3) is 11.0 Å². The predicted octanol–water partition coefficient (Wildman–Crippen LogP) is 3.05. The van der Waals surface area contributed by atoms with Crippen molar-refractivity contribution in [3.8, 4) is 0 Å². The van der Waals surface area contributed by atoms with Gasteiger partial charge in [-0.1, -0.05) is 32.9 Å². The van der Waals surface area contributed by atoms with Crippen LogP contribution < -0.4 is 5.32 Å². The second kappa shape index (κ2) is 3.86.